The number of phenolic OH excluding ortho intramolecular Hbond substituents is 1. The highest BCUT2D eigenvalue weighted by Gasteiger charge is 2.57. The number of amides is 1. The molecule has 3 aliphatic rings. The third kappa shape index (κ3) is 3.34. The number of aliphatic hydroxyl groups excluding tert-OH is 1. The van der Waals surface area contributed by atoms with Gasteiger partial charge in [0.2, 0.25) is 5.91 Å². The number of nitrogens with one attached hydrogen (secondary N) is 1. The van der Waals surface area contributed by atoms with E-state index >= 15 is 0 Å². The van der Waals surface area contributed by atoms with Crippen molar-refractivity contribution >= 4 is 5.91 Å². The molecule has 0 unspecified atom stereocenters. The van der Waals surface area contributed by atoms with Gasteiger partial charge in [0.1, 0.15) is 5.75 Å². The Balaban J connectivity index is 1.59. The number of carbonyl (C=O) groups excluding carboxylic acids is 1. The van der Waals surface area contributed by atoms with Crippen molar-refractivity contribution in [3.63, 3.8) is 0 Å². The highest BCUT2D eigenvalue weighted by Crippen LogP contribution is 2.63. The first-order chi connectivity index (χ1) is 13.4. The fourth-order valence-electron chi connectivity index (χ4n) is 6.95. The smallest absolute Gasteiger partial charge is 0.219 e. The molecular formula is C24H35NO3. The SMILES string of the molecule is CNC(=O)CCCC[C@H]1C[C@]2(C)[C@@H](O)CC[C@H]2[C@@H]2CCc3cc(O)ccc3[C@@H]12. The molecule has 0 aromatic heterocycles. The largest absolute Gasteiger partial charge is 0.508 e. The van der Waals surface area contributed by atoms with Gasteiger partial charge in [0.05, 0.1) is 6.10 Å². The minimum atomic E-state index is -0.173. The van der Waals surface area contributed by atoms with E-state index in [1.165, 1.54) is 17.5 Å². The van der Waals surface area contributed by atoms with Crippen LogP contribution in [0, 0.1) is 23.2 Å². The number of benzene rings is 1. The lowest BCUT2D eigenvalue weighted by Crippen LogP contribution is -2.47. The molecule has 1 aromatic rings. The lowest BCUT2D eigenvalue weighted by atomic mass is 9.51. The zero-order valence-corrected chi connectivity index (χ0v) is 17.3. The number of unbranched alkanes of at least 4 members (excludes halogenated alkanes) is 1. The number of fused-ring (bicyclic) bond motifs is 5. The van der Waals surface area contributed by atoms with Gasteiger partial charge in [-0.3, -0.25) is 4.79 Å². The van der Waals surface area contributed by atoms with Crippen molar-refractivity contribution < 1.29 is 15.0 Å². The molecule has 3 aliphatic carbocycles. The zero-order valence-electron chi connectivity index (χ0n) is 17.3. The molecule has 0 aliphatic heterocycles. The quantitative estimate of drug-likeness (QED) is 0.667. The number of hydrogen-bond donors (Lipinski definition) is 3. The normalized spacial score (nSPS) is 36.3. The van der Waals surface area contributed by atoms with Crippen molar-refractivity contribution in [2.75, 3.05) is 7.05 Å². The second-order valence-electron chi connectivity index (χ2n) is 9.70. The maximum Gasteiger partial charge on any atom is 0.219 e. The summed E-state index contributed by atoms with van der Waals surface area (Å²) in [4.78, 5) is 11.6. The fraction of sp³-hybridized carbons (Fsp3) is 0.708. The average Bonchev–Trinajstić information content (AvgIpc) is 2.98. The van der Waals surface area contributed by atoms with E-state index in [0.717, 1.165) is 44.9 Å². The van der Waals surface area contributed by atoms with Crippen LogP contribution in [0.4, 0.5) is 0 Å². The lowest BCUT2D eigenvalue weighted by Gasteiger charge is -2.54. The van der Waals surface area contributed by atoms with Gasteiger partial charge in [0.15, 0.2) is 0 Å². The van der Waals surface area contributed by atoms with E-state index in [2.05, 4.69) is 18.3 Å². The molecule has 2 saturated carbocycles. The van der Waals surface area contributed by atoms with Crippen molar-refractivity contribution in [1.82, 2.24) is 5.32 Å². The third-order valence-electron chi connectivity index (χ3n) is 8.29. The highest BCUT2D eigenvalue weighted by molar-refractivity contribution is 5.75. The molecule has 0 saturated heterocycles. The third-order valence-corrected chi connectivity index (χ3v) is 8.29. The van der Waals surface area contributed by atoms with E-state index in [9.17, 15) is 15.0 Å². The molecule has 6 atom stereocenters. The Morgan fingerprint density at radius 1 is 1.25 bits per heavy atom. The maximum absolute atomic E-state index is 11.6. The summed E-state index contributed by atoms with van der Waals surface area (Å²) in [5, 5.41) is 23.5. The van der Waals surface area contributed by atoms with Crippen molar-refractivity contribution in [1.29, 1.82) is 0 Å². The van der Waals surface area contributed by atoms with E-state index in [4.69, 9.17) is 0 Å². The van der Waals surface area contributed by atoms with E-state index in [1.54, 1.807) is 7.05 Å². The van der Waals surface area contributed by atoms with Gasteiger partial charge in [-0.1, -0.05) is 19.4 Å². The molecular weight excluding hydrogens is 350 g/mol. The Morgan fingerprint density at radius 3 is 2.86 bits per heavy atom. The Kier molecular flexibility index (Phi) is 5.43. The summed E-state index contributed by atoms with van der Waals surface area (Å²) >= 11 is 0. The molecule has 4 heteroatoms. The first kappa shape index (κ1) is 19.8. The molecule has 1 amide bonds. The predicted octanol–water partition coefficient (Wildman–Crippen LogP) is 4.14. The topological polar surface area (TPSA) is 69.6 Å². The van der Waals surface area contributed by atoms with E-state index in [1.807, 2.05) is 12.1 Å². The predicted molar refractivity (Wildman–Crippen MR) is 110 cm³/mol. The minimum Gasteiger partial charge on any atom is -0.508 e. The molecule has 2 fully saturated rings. The Hall–Kier alpha value is -1.55. The maximum atomic E-state index is 11.6. The highest BCUT2D eigenvalue weighted by atomic mass is 16.3. The van der Waals surface area contributed by atoms with Crippen molar-refractivity contribution in [2.24, 2.45) is 23.2 Å². The number of rotatable bonds is 5. The summed E-state index contributed by atoms with van der Waals surface area (Å²) in [5.74, 6) is 2.82. The average molecular weight is 386 g/mol. The molecule has 0 bridgehead atoms. The number of hydrogen-bond acceptors (Lipinski definition) is 3. The standard InChI is InChI=1S/C24H35NO3/c1-24-14-16(5-3-4-6-22(28)25-2)23-18-10-8-17(26)13-15(18)7-9-19(23)20(24)11-12-21(24)27/h8,10,13,16,19-21,23,26-27H,3-7,9,11-12,14H2,1-2H3,(H,25,28)/t16-,19-,20-,21-,23+,24-/m0/s1. The van der Waals surface area contributed by atoms with E-state index in [0.29, 0.717) is 35.8 Å². The minimum absolute atomic E-state index is 0.0427. The van der Waals surface area contributed by atoms with Gasteiger partial charge in [-0.25, -0.2) is 0 Å². The molecule has 1 aromatic carbocycles. The Bertz CT molecular complexity index is 733. The first-order valence-electron chi connectivity index (χ1n) is 11.1. The molecule has 4 rings (SSSR count). The van der Waals surface area contributed by atoms with Crippen LogP contribution in [-0.4, -0.2) is 29.3 Å². The zero-order chi connectivity index (χ0) is 19.9. The van der Waals surface area contributed by atoms with Gasteiger partial charge in [-0.2, -0.15) is 0 Å². The second-order valence-corrected chi connectivity index (χ2v) is 9.70. The van der Waals surface area contributed by atoms with Crippen LogP contribution >= 0.6 is 0 Å². The van der Waals surface area contributed by atoms with Crippen LogP contribution in [0.5, 0.6) is 5.75 Å². The van der Waals surface area contributed by atoms with E-state index < -0.39 is 0 Å². The van der Waals surface area contributed by atoms with Gasteiger partial charge in [-0.05, 0) is 97.3 Å². The van der Waals surface area contributed by atoms with Crippen LogP contribution in [0.1, 0.15) is 75.3 Å². The van der Waals surface area contributed by atoms with Gasteiger partial charge in [-0.15, -0.1) is 0 Å². The van der Waals surface area contributed by atoms with Crippen LogP contribution in [0.25, 0.3) is 0 Å². The van der Waals surface area contributed by atoms with Gasteiger partial charge >= 0.3 is 0 Å². The van der Waals surface area contributed by atoms with Crippen molar-refractivity contribution in [2.45, 2.75) is 76.7 Å². The van der Waals surface area contributed by atoms with Gasteiger partial charge in [0, 0.05) is 13.5 Å². The number of aromatic hydroxyl groups is 1. The summed E-state index contributed by atoms with van der Waals surface area (Å²) in [5.41, 5.74) is 2.80. The summed E-state index contributed by atoms with van der Waals surface area (Å²) in [6.07, 6.45) is 8.92. The second kappa shape index (κ2) is 7.70. The molecule has 0 heterocycles. The molecule has 0 radical (unpaired) electrons. The van der Waals surface area contributed by atoms with Gasteiger partial charge < -0.3 is 15.5 Å². The fourth-order valence-corrected chi connectivity index (χ4v) is 6.95. The molecule has 4 nitrogen and oxygen atoms in total. The Morgan fingerprint density at radius 2 is 2.07 bits per heavy atom. The number of aryl methyl sites for hydroxylation is 1. The summed E-state index contributed by atoms with van der Waals surface area (Å²) in [6.45, 7) is 2.33. The van der Waals surface area contributed by atoms with E-state index in [-0.39, 0.29) is 17.4 Å². The lowest BCUT2D eigenvalue weighted by molar-refractivity contribution is -0.120. The molecule has 3 N–H and O–H groups in total. The summed E-state index contributed by atoms with van der Waals surface area (Å²) in [6, 6.07) is 5.97. The van der Waals surface area contributed by atoms with Crippen molar-refractivity contribution in [3.8, 4) is 5.75 Å². The molecule has 0 spiro atoms. The number of carbonyl (C=O) groups is 1. The van der Waals surface area contributed by atoms with Crippen LogP contribution in [0.3, 0.4) is 0 Å². The molecule has 28 heavy (non-hydrogen) atoms. The summed E-state index contributed by atoms with van der Waals surface area (Å²) < 4.78 is 0. The number of phenols is 1. The monoisotopic (exact) mass is 385 g/mol. The Labute approximate surface area is 168 Å². The van der Waals surface area contributed by atoms with Crippen LogP contribution in [-0.2, 0) is 11.2 Å². The summed E-state index contributed by atoms with van der Waals surface area (Å²) in [7, 11) is 1.70. The van der Waals surface area contributed by atoms with Crippen molar-refractivity contribution in [3.05, 3.63) is 29.3 Å². The number of aliphatic hydroxyl groups is 1. The van der Waals surface area contributed by atoms with Crippen LogP contribution in [0.15, 0.2) is 18.2 Å². The first-order valence-corrected chi connectivity index (χ1v) is 11.1. The molecule has 154 valence electrons. The van der Waals surface area contributed by atoms with Crippen LogP contribution < -0.4 is 5.32 Å². The van der Waals surface area contributed by atoms with Crippen LogP contribution in [0.2, 0.25) is 0 Å². The van der Waals surface area contributed by atoms with Gasteiger partial charge in [0.25, 0.3) is 0 Å².